The highest BCUT2D eigenvalue weighted by molar-refractivity contribution is 8.15. The number of ether oxygens (including phenoxy) is 1. The van der Waals surface area contributed by atoms with Gasteiger partial charge in [-0.2, -0.15) is 0 Å². The van der Waals surface area contributed by atoms with Gasteiger partial charge in [0.15, 0.2) is 5.17 Å². The molecule has 1 aliphatic heterocycles. The molecule has 0 spiro atoms. The Balaban J connectivity index is 1.89. The summed E-state index contributed by atoms with van der Waals surface area (Å²) in [5, 5.41) is 8.89. The zero-order valence-corrected chi connectivity index (χ0v) is 15.0. The average Bonchev–Trinajstić information content (AvgIpc) is 2.65. The van der Waals surface area contributed by atoms with Crippen molar-refractivity contribution in [1.82, 2.24) is 4.90 Å². The molecule has 0 saturated carbocycles. The molecular formula is C19H18N2O4S. The molecule has 7 heteroatoms. The van der Waals surface area contributed by atoms with Crippen LogP contribution in [0.3, 0.4) is 0 Å². The molecule has 0 aliphatic carbocycles. The number of thioether (sulfide) groups is 1. The summed E-state index contributed by atoms with van der Waals surface area (Å²) in [6.45, 7) is 0.327. The van der Waals surface area contributed by atoms with E-state index in [1.807, 2.05) is 54.6 Å². The van der Waals surface area contributed by atoms with Gasteiger partial charge in [-0.25, -0.2) is 4.99 Å². The number of benzene rings is 2. The third-order valence-corrected chi connectivity index (χ3v) is 5.07. The minimum Gasteiger partial charge on any atom is -0.497 e. The molecule has 6 nitrogen and oxygen atoms in total. The molecule has 2 aromatic carbocycles. The summed E-state index contributed by atoms with van der Waals surface area (Å²) in [5.41, 5.74) is 1.59. The monoisotopic (exact) mass is 370 g/mol. The molecule has 1 fully saturated rings. The number of carbonyl (C=O) groups excluding carboxylic acids is 1. The molecule has 26 heavy (non-hydrogen) atoms. The summed E-state index contributed by atoms with van der Waals surface area (Å²) in [6, 6.07) is 16.6. The van der Waals surface area contributed by atoms with E-state index < -0.39 is 11.2 Å². The number of rotatable bonds is 5. The summed E-state index contributed by atoms with van der Waals surface area (Å²) in [4.78, 5) is 30.0. The van der Waals surface area contributed by atoms with Crippen LogP contribution in [0.4, 0.5) is 5.69 Å². The number of nitrogens with zero attached hydrogens (tertiary/aromatic N) is 2. The van der Waals surface area contributed by atoms with Gasteiger partial charge in [-0.1, -0.05) is 42.1 Å². The lowest BCUT2D eigenvalue weighted by molar-refractivity contribution is -0.139. The van der Waals surface area contributed by atoms with Crippen molar-refractivity contribution in [3.05, 3.63) is 60.2 Å². The van der Waals surface area contributed by atoms with Gasteiger partial charge < -0.3 is 9.84 Å². The van der Waals surface area contributed by atoms with Crippen molar-refractivity contribution >= 4 is 34.5 Å². The van der Waals surface area contributed by atoms with E-state index in [4.69, 9.17) is 4.74 Å². The molecule has 0 radical (unpaired) electrons. The lowest BCUT2D eigenvalue weighted by atomic mass is 10.2. The number of carboxylic acids is 1. The Hall–Kier alpha value is -2.80. The third-order valence-electron chi connectivity index (χ3n) is 3.90. The number of para-hydroxylation sites is 1. The van der Waals surface area contributed by atoms with Crippen molar-refractivity contribution in [2.75, 3.05) is 7.11 Å². The van der Waals surface area contributed by atoms with Crippen LogP contribution in [0.25, 0.3) is 0 Å². The predicted octanol–water partition coefficient (Wildman–Crippen LogP) is 3.30. The van der Waals surface area contributed by atoms with Crippen LogP contribution < -0.4 is 4.74 Å². The number of carboxylic acid groups (broad SMARTS) is 1. The lowest BCUT2D eigenvalue weighted by Crippen LogP contribution is -2.43. The number of amides is 1. The van der Waals surface area contributed by atoms with E-state index in [0.29, 0.717) is 17.4 Å². The van der Waals surface area contributed by atoms with Gasteiger partial charge in [0, 0.05) is 0 Å². The van der Waals surface area contributed by atoms with Gasteiger partial charge in [-0.05, 0) is 29.8 Å². The van der Waals surface area contributed by atoms with Crippen molar-refractivity contribution < 1.29 is 19.4 Å². The van der Waals surface area contributed by atoms with Crippen LogP contribution in [0.5, 0.6) is 5.75 Å². The van der Waals surface area contributed by atoms with Gasteiger partial charge in [0.2, 0.25) is 5.91 Å². The van der Waals surface area contributed by atoms with Crippen LogP contribution in [0.15, 0.2) is 59.6 Å². The smallest absolute Gasteiger partial charge is 0.317 e. The summed E-state index contributed by atoms with van der Waals surface area (Å²) in [5.74, 6) is -0.521. The number of hydrogen-bond acceptors (Lipinski definition) is 5. The Kier molecular flexibility index (Phi) is 5.58. The largest absolute Gasteiger partial charge is 0.497 e. The highest BCUT2D eigenvalue weighted by Gasteiger charge is 2.35. The SMILES string of the molecule is COc1ccc(CN2C(=O)C[C@H](C(=O)O)SC2=Nc2ccccc2)cc1. The maximum atomic E-state index is 12.6. The van der Waals surface area contributed by atoms with Crippen molar-refractivity contribution in [3.8, 4) is 5.75 Å². The number of methoxy groups -OCH3 is 1. The number of amidine groups is 1. The normalized spacial score (nSPS) is 18.8. The molecule has 3 rings (SSSR count). The molecule has 134 valence electrons. The van der Waals surface area contributed by atoms with E-state index in [-0.39, 0.29) is 12.3 Å². The molecule has 0 bridgehead atoms. The van der Waals surface area contributed by atoms with Crippen molar-refractivity contribution in [2.24, 2.45) is 4.99 Å². The number of aliphatic imine (C=N–C) groups is 1. The van der Waals surface area contributed by atoms with Crippen molar-refractivity contribution in [1.29, 1.82) is 0 Å². The van der Waals surface area contributed by atoms with Gasteiger partial charge in [0.05, 0.1) is 25.8 Å². The standard InChI is InChI=1S/C19H18N2O4S/c1-25-15-9-7-13(8-10-15)12-21-17(22)11-16(18(23)24)26-19(21)20-14-5-3-2-4-6-14/h2-10,16H,11-12H2,1H3,(H,23,24)/t16-/m1/s1. The van der Waals surface area contributed by atoms with Crippen LogP contribution in [0.2, 0.25) is 0 Å². The van der Waals surface area contributed by atoms with Crippen molar-refractivity contribution in [3.63, 3.8) is 0 Å². The molecular weight excluding hydrogens is 352 g/mol. The molecule has 1 heterocycles. The van der Waals surface area contributed by atoms with E-state index in [0.717, 1.165) is 23.1 Å². The Morgan fingerprint density at radius 3 is 2.54 bits per heavy atom. The first-order valence-electron chi connectivity index (χ1n) is 8.03. The first-order chi connectivity index (χ1) is 12.6. The second kappa shape index (κ2) is 8.05. The van der Waals surface area contributed by atoms with Crippen LogP contribution in [0, 0.1) is 0 Å². The predicted molar refractivity (Wildman–Crippen MR) is 101 cm³/mol. The average molecular weight is 370 g/mol. The molecule has 0 unspecified atom stereocenters. The highest BCUT2D eigenvalue weighted by atomic mass is 32.2. The number of hydrogen-bond donors (Lipinski definition) is 1. The van der Waals surface area contributed by atoms with Crippen LogP contribution >= 0.6 is 11.8 Å². The second-order valence-corrected chi connectivity index (χ2v) is 6.88. The van der Waals surface area contributed by atoms with Gasteiger partial charge in [-0.3, -0.25) is 14.5 Å². The van der Waals surface area contributed by atoms with Gasteiger partial charge >= 0.3 is 5.97 Å². The zero-order valence-electron chi connectivity index (χ0n) is 14.2. The van der Waals surface area contributed by atoms with Crippen LogP contribution in [-0.4, -0.2) is 39.4 Å². The second-order valence-electron chi connectivity index (χ2n) is 5.71. The maximum absolute atomic E-state index is 12.6. The van der Waals surface area contributed by atoms with E-state index in [9.17, 15) is 14.7 Å². The quantitative estimate of drug-likeness (QED) is 0.874. The first kappa shape index (κ1) is 18.0. The van der Waals surface area contributed by atoms with Crippen LogP contribution in [-0.2, 0) is 16.1 Å². The third kappa shape index (κ3) is 4.23. The van der Waals surface area contributed by atoms with Crippen LogP contribution in [0.1, 0.15) is 12.0 Å². The Bertz CT molecular complexity index is 821. The lowest BCUT2D eigenvalue weighted by Gasteiger charge is -2.30. The summed E-state index contributed by atoms with van der Waals surface area (Å²) in [7, 11) is 1.59. The Morgan fingerprint density at radius 1 is 1.23 bits per heavy atom. The maximum Gasteiger partial charge on any atom is 0.317 e. The topological polar surface area (TPSA) is 79.2 Å². The summed E-state index contributed by atoms with van der Waals surface area (Å²) >= 11 is 1.10. The molecule has 1 atom stereocenters. The van der Waals surface area contributed by atoms with Crippen molar-refractivity contribution in [2.45, 2.75) is 18.2 Å². The van der Waals surface area contributed by atoms with E-state index >= 15 is 0 Å². The molecule has 1 N–H and O–H groups in total. The molecule has 1 saturated heterocycles. The summed E-state index contributed by atoms with van der Waals surface area (Å²) in [6.07, 6.45) is -0.0516. The fourth-order valence-electron chi connectivity index (χ4n) is 2.51. The molecule has 1 aliphatic rings. The number of carbonyl (C=O) groups is 2. The van der Waals surface area contributed by atoms with E-state index in [1.165, 1.54) is 0 Å². The summed E-state index contributed by atoms with van der Waals surface area (Å²) < 4.78 is 5.15. The van der Waals surface area contributed by atoms with Gasteiger partial charge in [-0.15, -0.1) is 0 Å². The minimum atomic E-state index is -1.01. The Morgan fingerprint density at radius 2 is 1.92 bits per heavy atom. The minimum absolute atomic E-state index is 0.0516. The molecule has 1 amide bonds. The van der Waals surface area contributed by atoms with E-state index in [1.54, 1.807) is 12.0 Å². The number of aliphatic carboxylic acids is 1. The molecule has 2 aromatic rings. The zero-order chi connectivity index (χ0) is 18.5. The van der Waals surface area contributed by atoms with E-state index in [2.05, 4.69) is 4.99 Å². The Labute approximate surface area is 155 Å². The molecule has 0 aromatic heterocycles. The first-order valence-corrected chi connectivity index (χ1v) is 8.91. The fraction of sp³-hybridized carbons (Fsp3) is 0.211. The highest BCUT2D eigenvalue weighted by Crippen LogP contribution is 2.30. The fourth-order valence-corrected chi connectivity index (χ4v) is 3.55. The van der Waals surface area contributed by atoms with Gasteiger partial charge in [0.25, 0.3) is 0 Å². The van der Waals surface area contributed by atoms with Gasteiger partial charge in [0.1, 0.15) is 11.0 Å².